The molecule has 5 nitrogen and oxygen atoms in total. The van der Waals surface area contributed by atoms with Crippen LogP contribution >= 0.6 is 0 Å². The average Bonchev–Trinajstić information content (AvgIpc) is 3.01. The van der Waals surface area contributed by atoms with Crippen molar-refractivity contribution in [2.24, 2.45) is 13.0 Å². The smallest absolute Gasteiger partial charge is 0.164 e. The van der Waals surface area contributed by atoms with Crippen molar-refractivity contribution >= 4 is 17.9 Å². The molecule has 0 radical (unpaired) electrons. The molecular weight excluding hydrogens is 343 g/mol. The molecule has 0 unspecified atom stereocenters. The summed E-state index contributed by atoms with van der Waals surface area (Å²) in [5.41, 5.74) is 3.57. The summed E-state index contributed by atoms with van der Waals surface area (Å²) in [4.78, 5) is 16.4. The van der Waals surface area contributed by atoms with Gasteiger partial charge in [-0.25, -0.2) is 9.07 Å². The summed E-state index contributed by atoms with van der Waals surface area (Å²) in [7, 11) is 1.79. The van der Waals surface area contributed by atoms with Crippen molar-refractivity contribution in [1.29, 1.82) is 0 Å². The molecule has 138 valence electrons. The van der Waals surface area contributed by atoms with Crippen LogP contribution in [0.1, 0.15) is 42.0 Å². The third-order valence-electron chi connectivity index (χ3n) is 4.10. The normalized spacial score (nSPS) is 11.4. The molecule has 0 aliphatic carbocycles. The van der Waals surface area contributed by atoms with Crippen molar-refractivity contribution in [2.75, 3.05) is 0 Å². The molecule has 2 heterocycles. The summed E-state index contributed by atoms with van der Waals surface area (Å²) < 4.78 is 14.8. The molecule has 0 atom stereocenters. The number of hydrogen-bond acceptors (Lipinski definition) is 4. The van der Waals surface area contributed by atoms with Crippen molar-refractivity contribution in [1.82, 2.24) is 20.0 Å². The van der Waals surface area contributed by atoms with Crippen molar-refractivity contribution in [3.8, 4) is 11.3 Å². The second kappa shape index (κ2) is 8.03. The summed E-state index contributed by atoms with van der Waals surface area (Å²) in [6.45, 7) is 4.03. The fourth-order valence-corrected chi connectivity index (χ4v) is 2.69. The van der Waals surface area contributed by atoms with Crippen LogP contribution in [-0.4, -0.2) is 25.8 Å². The molecule has 1 aromatic carbocycles. The van der Waals surface area contributed by atoms with E-state index in [2.05, 4.69) is 15.3 Å². The summed E-state index contributed by atoms with van der Waals surface area (Å²) in [6, 6.07) is 9.73. The number of pyridine rings is 1. The van der Waals surface area contributed by atoms with Crippen molar-refractivity contribution < 1.29 is 9.18 Å². The average molecular weight is 364 g/mol. The van der Waals surface area contributed by atoms with Gasteiger partial charge in [-0.2, -0.15) is 0 Å². The van der Waals surface area contributed by atoms with Gasteiger partial charge in [0.05, 0.1) is 11.4 Å². The first-order valence-electron chi connectivity index (χ1n) is 8.77. The van der Waals surface area contributed by atoms with Gasteiger partial charge in [-0.3, -0.25) is 9.78 Å². The Morgan fingerprint density at radius 3 is 2.52 bits per heavy atom. The molecule has 0 aliphatic heterocycles. The lowest BCUT2D eigenvalue weighted by atomic mass is 10.0. The molecule has 0 N–H and O–H groups in total. The van der Waals surface area contributed by atoms with Crippen molar-refractivity contribution in [2.45, 2.75) is 20.3 Å². The Labute approximate surface area is 157 Å². The molecular formula is C21H21FN4O. The van der Waals surface area contributed by atoms with E-state index in [0.717, 1.165) is 17.0 Å². The number of benzene rings is 1. The first-order valence-corrected chi connectivity index (χ1v) is 8.77. The van der Waals surface area contributed by atoms with E-state index in [9.17, 15) is 9.18 Å². The van der Waals surface area contributed by atoms with Gasteiger partial charge in [0, 0.05) is 30.8 Å². The van der Waals surface area contributed by atoms with Gasteiger partial charge in [-0.15, -0.1) is 5.10 Å². The molecule has 6 heteroatoms. The largest absolute Gasteiger partial charge is 0.294 e. The zero-order chi connectivity index (χ0) is 19.4. The molecule has 0 spiro atoms. The Balaban J connectivity index is 1.81. The van der Waals surface area contributed by atoms with Gasteiger partial charge in [-0.05, 0) is 54.5 Å². The molecule has 0 bridgehead atoms. The second-order valence-electron chi connectivity index (χ2n) is 6.78. The lowest BCUT2D eigenvalue weighted by molar-refractivity contribution is 0.0967. The Kier molecular flexibility index (Phi) is 5.54. The molecule has 3 aromatic rings. The van der Waals surface area contributed by atoms with Crippen LogP contribution in [0.2, 0.25) is 0 Å². The highest BCUT2D eigenvalue weighted by Gasteiger charge is 2.11. The Morgan fingerprint density at radius 2 is 1.89 bits per heavy atom. The van der Waals surface area contributed by atoms with Crippen LogP contribution in [0.15, 0.2) is 42.6 Å². The van der Waals surface area contributed by atoms with Crippen LogP contribution in [0.5, 0.6) is 0 Å². The molecule has 0 amide bonds. The third kappa shape index (κ3) is 4.53. The molecule has 3 rings (SSSR count). The Bertz CT molecular complexity index is 957. The van der Waals surface area contributed by atoms with E-state index in [0.29, 0.717) is 23.6 Å². The van der Waals surface area contributed by atoms with Crippen molar-refractivity contribution in [3.63, 3.8) is 0 Å². The number of hydrogen-bond donors (Lipinski definition) is 0. The van der Waals surface area contributed by atoms with E-state index in [4.69, 9.17) is 0 Å². The van der Waals surface area contributed by atoms with Crippen LogP contribution in [0, 0.1) is 11.7 Å². The van der Waals surface area contributed by atoms with E-state index in [1.807, 2.05) is 32.1 Å². The highest BCUT2D eigenvalue weighted by atomic mass is 19.1. The van der Waals surface area contributed by atoms with Gasteiger partial charge < -0.3 is 0 Å². The summed E-state index contributed by atoms with van der Waals surface area (Å²) in [5, 5.41) is 8.22. The number of nitrogens with zero attached hydrogens (tertiary/aromatic N) is 4. The molecule has 0 fully saturated rings. The van der Waals surface area contributed by atoms with Crippen LogP contribution in [0.25, 0.3) is 23.4 Å². The predicted molar refractivity (Wildman–Crippen MR) is 103 cm³/mol. The van der Waals surface area contributed by atoms with E-state index in [1.54, 1.807) is 36.1 Å². The molecule has 27 heavy (non-hydrogen) atoms. The van der Waals surface area contributed by atoms with Crippen molar-refractivity contribution in [3.05, 3.63) is 65.4 Å². The van der Waals surface area contributed by atoms with Crippen LogP contribution in [-0.2, 0) is 7.05 Å². The maximum Gasteiger partial charge on any atom is 0.164 e. The van der Waals surface area contributed by atoms with Crippen LogP contribution in [0.4, 0.5) is 4.39 Å². The third-order valence-corrected chi connectivity index (χ3v) is 4.10. The van der Waals surface area contributed by atoms with E-state index >= 15 is 0 Å². The number of ketones is 1. The lowest BCUT2D eigenvalue weighted by Crippen LogP contribution is -2.04. The quantitative estimate of drug-likeness (QED) is 0.608. The number of halogens is 1. The number of carbonyl (C=O) groups excluding carboxylic acids is 1. The molecule has 0 saturated heterocycles. The summed E-state index contributed by atoms with van der Waals surface area (Å²) in [6.07, 6.45) is 5.81. The zero-order valence-corrected chi connectivity index (χ0v) is 15.6. The monoisotopic (exact) mass is 364 g/mol. The standard InChI is InChI=1S/C21H21FN4O/c1-14(2)12-20(27)16-6-9-18(23-13-16)10-11-19-21(24-25-26(19)3)15-4-7-17(22)8-5-15/h4-11,13-14H,12H2,1-3H3/b11-10+. The van der Waals surface area contributed by atoms with Gasteiger partial charge in [0.25, 0.3) is 0 Å². The molecule has 0 saturated carbocycles. The van der Waals surface area contributed by atoms with Crippen LogP contribution < -0.4 is 0 Å². The highest BCUT2D eigenvalue weighted by molar-refractivity contribution is 5.96. The predicted octanol–water partition coefficient (Wildman–Crippen LogP) is 4.42. The van der Waals surface area contributed by atoms with Crippen LogP contribution in [0.3, 0.4) is 0 Å². The van der Waals surface area contributed by atoms with Gasteiger partial charge >= 0.3 is 0 Å². The zero-order valence-electron chi connectivity index (χ0n) is 15.6. The van der Waals surface area contributed by atoms with E-state index in [-0.39, 0.29) is 11.6 Å². The minimum Gasteiger partial charge on any atom is -0.294 e. The van der Waals surface area contributed by atoms with Gasteiger partial charge in [0.2, 0.25) is 0 Å². The lowest BCUT2D eigenvalue weighted by Gasteiger charge is -2.04. The maximum absolute atomic E-state index is 13.1. The summed E-state index contributed by atoms with van der Waals surface area (Å²) >= 11 is 0. The fraction of sp³-hybridized carbons (Fsp3) is 0.238. The first kappa shape index (κ1) is 18.6. The molecule has 2 aromatic heterocycles. The number of Topliss-reactive ketones (excluding diaryl/α,β-unsaturated/α-hetero) is 1. The minimum absolute atomic E-state index is 0.0995. The number of aryl methyl sites for hydroxylation is 1. The molecule has 0 aliphatic rings. The second-order valence-corrected chi connectivity index (χ2v) is 6.78. The number of carbonyl (C=O) groups is 1. The minimum atomic E-state index is -0.295. The Morgan fingerprint density at radius 1 is 1.15 bits per heavy atom. The first-order chi connectivity index (χ1) is 12.9. The fourth-order valence-electron chi connectivity index (χ4n) is 2.69. The van der Waals surface area contributed by atoms with E-state index < -0.39 is 0 Å². The highest BCUT2D eigenvalue weighted by Crippen LogP contribution is 2.22. The number of rotatable bonds is 6. The van der Waals surface area contributed by atoms with Gasteiger partial charge in [0.1, 0.15) is 11.5 Å². The Hall–Kier alpha value is -3.15. The maximum atomic E-state index is 13.1. The summed E-state index contributed by atoms with van der Waals surface area (Å²) in [5.74, 6) is 0.123. The van der Waals surface area contributed by atoms with Gasteiger partial charge in [-0.1, -0.05) is 19.1 Å². The number of aromatic nitrogens is 4. The SMILES string of the molecule is CC(C)CC(=O)c1ccc(/C=C/c2c(-c3ccc(F)cc3)nnn2C)nc1. The van der Waals surface area contributed by atoms with E-state index in [1.165, 1.54) is 12.1 Å². The topological polar surface area (TPSA) is 60.7 Å². The van der Waals surface area contributed by atoms with Gasteiger partial charge in [0.15, 0.2) is 5.78 Å².